The molecule has 2 N–H and O–H groups in total. The van der Waals surface area contributed by atoms with E-state index in [9.17, 15) is 0 Å². The van der Waals surface area contributed by atoms with E-state index in [1.807, 2.05) is 23.9 Å². The lowest BCUT2D eigenvalue weighted by Crippen LogP contribution is -2.25. The van der Waals surface area contributed by atoms with E-state index in [1.165, 1.54) is 10.5 Å². The molecular formula is C16H17Br2NS. The van der Waals surface area contributed by atoms with E-state index in [0.29, 0.717) is 0 Å². The summed E-state index contributed by atoms with van der Waals surface area (Å²) in [6.45, 7) is 2.13. The summed E-state index contributed by atoms with van der Waals surface area (Å²) in [5.41, 5.74) is 7.61. The number of benzene rings is 2. The predicted octanol–water partition coefficient (Wildman–Crippen LogP) is 5.78. The molecule has 2 rings (SSSR count). The molecule has 0 aromatic heterocycles. The van der Waals surface area contributed by atoms with Crippen LogP contribution in [-0.2, 0) is 0 Å². The highest BCUT2D eigenvalue weighted by atomic mass is 79.9. The van der Waals surface area contributed by atoms with Crippen LogP contribution in [0.2, 0.25) is 0 Å². The van der Waals surface area contributed by atoms with E-state index in [-0.39, 0.29) is 11.3 Å². The van der Waals surface area contributed by atoms with Crippen LogP contribution in [0.3, 0.4) is 0 Å². The first-order valence-corrected chi connectivity index (χ1v) is 9.00. The topological polar surface area (TPSA) is 26.0 Å². The van der Waals surface area contributed by atoms with Crippen LogP contribution < -0.4 is 5.73 Å². The SMILES string of the molecule is CCC(N)C(Sc1cccc(Br)c1)c1ccccc1Br. The molecule has 0 saturated heterocycles. The zero-order valence-corrected chi connectivity index (χ0v) is 15.2. The first kappa shape index (κ1) is 16.1. The maximum Gasteiger partial charge on any atom is 0.0506 e. The molecule has 0 aliphatic heterocycles. The molecule has 2 aromatic rings. The van der Waals surface area contributed by atoms with Gasteiger partial charge in [0.1, 0.15) is 0 Å². The monoisotopic (exact) mass is 413 g/mol. The van der Waals surface area contributed by atoms with Gasteiger partial charge in [-0.2, -0.15) is 0 Å². The zero-order valence-electron chi connectivity index (χ0n) is 11.2. The van der Waals surface area contributed by atoms with Crippen molar-refractivity contribution in [2.24, 2.45) is 5.73 Å². The number of nitrogens with two attached hydrogens (primary N) is 1. The summed E-state index contributed by atoms with van der Waals surface area (Å²) in [5, 5.41) is 0.241. The number of hydrogen-bond acceptors (Lipinski definition) is 2. The predicted molar refractivity (Wildman–Crippen MR) is 95.1 cm³/mol. The Bertz CT molecular complexity index is 574. The smallest absolute Gasteiger partial charge is 0.0506 e. The molecule has 0 radical (unpaired) electrons. The van der Waals surface area contributed by atoms with Gasteiger partial charge in [-0.05, 0) is 36.2 Å². The van der Waals surface area contributed by atoms with Crippen LogP contribution in [0.4, 0.5) is 0 Å². The Balaban J connectivity index is 2.32. The quantitative estimate of drug-likeness (QED) is 0.627. The summed E-state index contributed by atoms with van der Waals surface area (Å²) in [4.78, 5) is 1.23. The van der Waals surface area contributed by atoms with Crippen molar-refractivity contribution in [1.29, 1.82) is 0 Å². The van der Waals surface area contributed by atoms with Crippen molar-refractivity contribution in [1.82, 2.24) is 0 Å². The van der Waals surface area contributed by atoms with Crippen LogP contribution in [0, 0.1) is 0 Å². The van der Waals surface area contributed by atoms with Crippen molar-refractivity contribution < 1.29 is 0 Å². The van der Waals surface area contributed by atoms with E-state index in [1.54, 1.807) is 0 Å². The highest BCUT2D eigenvalue weighted by Crippen LogP contribution is 2.41. The molecule has 20 heavy (non-hydrogen) atoms. The van der Waals surface area contributed by atoms with Crippen LogP contribution in [0.1, 0.15) is 24.2 Å². The van der Waals surface area contributed by atoms with Gasteiger partial charge in [0.2, 0.25) is 0 Å². The second-order valence-electron chi connectivity index (χ2n) is 4.59. The number of thioether (sulfide) groups is 1. The number of hydrogen-bond donors (Lipinski definition) is 1. The minimum absolute atomic E-state index is 0.123. The van der Waals surface area contributed by atoms with E-state index in [4.69, 9.17) is 5.73 Å². The number of halogens is 2. The molecular weight excluding hydrogens is 398 g/mol. The fourth-order valence-corrected chi connectivity index (χ4v) is 4.57. The molecule has 0 heterocycles. The molecule has 0 fully saturated rings. The van der Waals surface area contributed by atoms with Crippen molar-refractivity contribution in [3.63, 3.8) is 0 Å². The molecule has 0 aliphatic rings. The molecule has 2 unspecified atom stereocenters. The molecule has 0 saturated carbocycles. The standard InChI is InChI=1S/C16H17Br2NS/c1-2-15(19)16(13-8-3-4-9-14(13)18)20-12-7-5-6-11(17)10-12/h3-10,15-16H,2,19H2,1H3. The van der Waals surface area contributed by atoms with Gasteiger partial charge in [-0.15, -0.1) is 11.8 Å². The molecule has 0 bridgehead atoms. The third kappa shape index (κ3) is 4.10. The molecule has 0 amide bonds. The van der Waals surface area contributed by atoms with E-state index in [2.05, 4.69) is 75.2 Å². The minimum Gasteiger partial charge on any atom is -0.326 e. The Morgan fingerprint density at radius 3 is 2.50 bits per heavy atom. The van der Waals surface area contributed by atoms with Gasteiger partial charge in [-0.25, -0.2) is 0 Å². The highest BCUT2D eigenvalue weighted by molar-refractivity contribution is 9.10. The van der Waals surface area contributed by atoms with Gasteiger partial charge >= 0.3 is 0 Å². The Labute approximate surface area is 141 Å². The molecule has 1 nitrogen and oxygen atoms in total. The van der Waals surface area contributed by atoms with Crippen LogP contribution in [0.15, 0.2) is 62.4 Å². The second-order valence-corrected chi connectivity index (χ2v) is 7.57. The molecule has 0 aliphatic carbocycles. The van der Waals surface area contributed by atoms with Crippen molar-refractivity contribution in [3.8, 4) is 0 Å². The summed E-state index contributed by atoms with van der Waals surface area (Å²) in [6.07, 6.45) is 0.951. The van der Waals surface area contributed by atoms with Crippen LogP contribution >= 0.6 is 43.6 Å². The Morgan fingerprint density at radius 1 is 1.10 bits per heavy atom. The highest BCUT2D eigenvalue weighted by Gasteiger charge is 2.21. The van der Waals surface area contributed by atoms with Gasteiger partial charge < -0.3 is 5.73 Å². The van der Waals surface area contributed by atoms with Crippen molar-refractivity contribution in [3.05, 3.63) is 63.0 Å². The average Bonchev–Trinajstić information content (AvgIpc) is 2.45. The van der Waals surface area contributed by atoms with Gasteiger partial charge in [0.25, 0.3) is 0 Å². The summed E-state index contributed by atoms with van der Waals surface area (Å²) < 4.78 is 2.22. The van der Waals surface area contributed by atoms with Gasteiger partial charge in [-0.1, -0.05) is 63.0 Å². The van der Waals surface area contributed by atoms with Crippen molar-refractivity contribution in [2.75, 3.05) is 0 Å². The van der Waals surface area contributed by atoms with Gasteiger partial charge in [0, 0.05) is 19.9 Å². The minimum atomic E-state index is 0.123. The third-order valence-corrected chi connectivity index (χ3v) is 5.73. The summed E-state index contributed by atoms with van der Waals surface area (Å²) in [5.74, 6) is 0. The molecule has 4 heteroatoms. The first-order valence-electron chi connectivity index (χ1n) is 6.54. The first-order chi connectivity index (χ1) is 9.61. The lowest BCUT2D eigenvalue weighted by Gasteiger charge is -2.24. The molecule has 2 aromatic carbocycles. The summed E-state index contributed by atoms with van der Waals surface area (Å²) in [7, 11) is 0. The molecule has 2 atom stereocenters. The van der Waals surface area contributed by atoms with Gasteiger partial charge in [0.05, 0.1) is 5.25 Å². The van der Waals surface area contributed by atoms with Crippen LogP contribution in [0.5, 0.6) is 0 Å². The van der Waals surface area contributed by atoms with Gasteiger partial charge in [0.15, 0.2) is 0 Å². The van der Waals surface area contributed by atoms with Crippen molar-refractivity contribution >= 4 is 43.6 Å². The average molecular weight is 415 g/mol. The number of rotatable bonds is 5. The fourth-order valence-electron chi connectivity index (χ4n) is 1.99. The molecule has 106 valence electrons. The third-order valence-electron chi connectivity index (χ3n) is 3.13. The second kappa shape index (κ2) is 7.64. The van der Waals surface area contributed by atoms with Crippen LogP contribution in [0.25, 0.3) is 0 Å². The Hall–Kier alpha value is -0.290. The molecule has 0 spiro atoms. The van der Waals surface area contributed by atoms with Gasteiger partial charge in [-0.3, -0.25) is 0 Å². The van der Waals surface area contributed by atoms with E-state index >= 15 is 0 Å². The zero-order chi connectivity index (χ0) is 14.5. The fraction of sp³-hybridized carbons (Fsp3) is 0.250. The summed E-state index contributed by atoms with van der Waals surface area (Å²) in [6, 6.07) is 16.8. The Kier molecular flexibility index (Phi) is 6.15. The van der Waals surface area contributed by atoms with E-state index in [0.717, 1.165) is 15.4 Å². The maximum atomic E-state index is 6.35. The summed E-state index contributed by atoms with van der Waals surface area (Å²) >= 11 is 8.98. The largest absolute Gasteiger partial charge is 0.326 e. The maximum absolute atomic E-state index is 6.35. The van der Waals surface area contributed by atoms with E-state index < -0.39 is 0 Å². The lowest BCUT2D eigenvalue weighted by atomic mass is 10.0. The Morgan fingerprint density at radius 2 is 1.85 bits per heavy atom. The van der Waals surface area contributed by atoms with Crippen LogP contribution in [-0.4, -0.2) is 6.04 Å². The normalized spacial score (nSPS) is 14.0. The van der Waals surface area contributed by atoms with Crippen molar-refractivity contribution in [2.45, 2.75) is 29.5 Å². The lowest BCUT2D eigenvalue weighted by molar-refractivity contribution is 0.633.